The standard InChI is InChI=1S/C15H23NO4/c1-8-3-9(2)15(19)11(4-8)12-5-10(6-13(16)17)7-14(18)20-12/h8-12H,3-7H2,1-2H3,(H2,16,17)/t8-,9-,10?,11?,12+/m0/s1. The third kappa shape index (κ3) is 3.38. The van der Waals surface area contributed by atoms with E-state index in [1.54, 1.807) is 0 Å². The number of hydrogen-bond donors (Lipinski definition) is 1. The summed E-state index contributed by atoms with van der Waals surface area (Å²) in [6, 6.07) is 0. The van der Waals surface area contributed by atoms with Crippen LogP contribution in [0.2, 0.25) is 0 Å². The lowest BCUT2D eigenvalue weighted by Crippen LogP contribution is -2.44. The number of ketones is 1. The molecule has 1 aliphatic heterocycles. The van der Waals surface area contributed by atoms with Crippen molar-refractivity contribution in [1.29, 1.82) is 0 Å². The number of Topliss-reactive ketones (excluding diaryl/α,β-unsaturated/α-hetero) is 1. The smallest absolute Gasteiger partial charge is 0.306 e. The van der Waals surface area contributed by atoms with Gasteiger partial charge >= 0.3 is 5.97 Å². The molecule has 2 N–H and O–H groups in total. The maximum atomic E-state index is 12.3. The van der Waals surface area contributed by atoms with Crippen molar-refractivity contribution >= 4 is 17.7 Å². The van der Waals surface area contributed by atoms with Gasteiger partial charge in [-0.1, -0.05) is 13.8 Å². The number of rotatable bonds is 3. The van der Waals surface area contributed by atoms with E-state index in [4.69, 9.17) is 10.5 Å². The monoisotopic (exact) mass is 281 g/mol. The van der Waals surface area contributed by atoms with E-state index < -0.39 is 5.91 Å². The Morgan fingerprint density at radius 2 is 1.95 bits per heavy atom. The van der Waals surface area contributed by atoms with Gasteiger partial charge in [0, 0.05) is 18.8 Å². The maximum Gasteiger partial charge on any atom is 0.306 e. The van der Waals surface area contributed by atoms with Crippen molar-refractivity contribution in [1.82, 2.24) is 0 Å². The predicted molar refractivity (Wildman–Crippen MR) is 72.5 cm³/mol. The second kappa shape index (κ2) is 5.94. The number of carbonyl (C=O) groups excluding carboxylic acids is 3. The van der Waals surface area contributed by atoms with E-state index in [0.717, 1.165) is 12.8 Å². The van der Waals surface area contributed by atoms with Crippen molar-refractivity contribution in [3.8, 4) is 0 Å². The summed E-state index contributed by atoms with van der Waals surface area (Å²) in [5, 5.41) is 0. The molecule has 20 heavy (non-hydrogen) atoms. The number of primary amides is 1. The lowest BCUT2D eigenvalue weighted by Gasteiger charge is -2.38. The minimum Gasteiger partial charge on any atom is -0.462 e. The minimum absolute atomic E-state index is 0.0268. The number of carbonyl (C=O) groups is 3. The van der Waals surface area contributed by atoms with Crippen LogP contribution in [0.5, 0.6) is 0 Å². The number of ether oxygens (including phenoxy) is 1. The number of hydrogen-bond acceptors (Lipinski definition) is 4. The van der Waals surface area contributed by atoms with Gasteiger partial charge in [-0.3, -0.25) is 14.4 Å². The van der Waals surface area contributed by atoms with E-state index in [9.17, 15) is 14.4 Å². The molecule has 0 radical (unpaired) electrons. The quantitative estimate of drug-likeness (QED) is 0.793. The molecule has 5 nitrogen and oxygen atoms in total. The second-order valence-corrected chi connectivity index (χ2v) is 6.49. The van der Waals surface area contributed by atoms with Crippen LogP contribution in [0.4, 0.5) is 0 Å². The Labute approximate surface area is 119 Å². The Hall–Kier alpha value is -1.39. The molecule has 5 atom stereocenters. The van der Waals surface area contributed by atoms with Gasteiger partial charge in [-0.2, -0.15) is 0 Å². The summed E-state index contributed by atoms with van der Waals surface area (Å²) in [5.41, 5.74) is 5.21. The zero-order valence-corrected chi connectivity index (χ0v) is 12.1. The Kier molecular flexibility index (Phi) is 4.45. The van der Waals surface area contributed by atoms with E-state index >= 15 is 0 Å². The van der Waals surface area contributed by atoms with Crippen LogP contribution in [-0.4, -0.2) is 23.8 Å². The van der Waals surface area contributed by atoms with Gasteiger partial charge in [0.1, 0.15) is 11.9 Å². The van der Waals surface area contributed by atoms with Crippen LogP contribution < -0.4 is 5.73 Å². The van der Waals surface area contributed by atoms with Crippen molar-refractivity contribution in [2.24, 2.45) is 29.4 Å². The summed E-state index contributed by atoms with van der Waals surface area (Å²) in [4.78, 5) is 35.0. The first kappa shape index (κ1) is 15.0. The molecule has 2 unspecified atom stereocenters. The molecule has 2 fully saturated rings. The van der Waals surface area contributed by atoms with Gasteiger partial charge in [0.15, 0.2) is 0 Å². The lowest BCUT2D eigenvalue weighted by molar-refractivity contribution is -0.164. The molecule has 0 aromatic rings. The van der Waals surface area contributed by atoms with Gasteiger partial charge in [-0.25, -0.2) is 0 Å². The summed E-state index contributed by atoms with van der Waals surface area (Å²) in [5.74, 6) is -0.332. The van der Waals surface area contributed by atoms with Crippen molar-refractivity contribution in [2.75, 3.05) is 0 Å². The molecule has 5 heteroatoms. The number of esters is 1. The van der Waals surface area contributed by atoms with Gasteiger partial charge in [-0.05, 0) is 31.1 Å². The molecule has 1 saturated carbocycles. The normalized spacial score (nSPS) is 38.4. The van der Waals surface area contributed by atoms with E-state index in [2.05, 4.69) is 6.92 Å². The van der Waals surface area contributed by atoms with Crippen molar-refractivity contribution in [3.63, 3.8) is 0 Å². The average Bonchev–Trinajstić information content (AvgIpc) is 2.32. The molecule has 0 aromatic heterocycles. The SMILES string of the molecule is C[C@@H]1CC([C@H]2CC(CC(N)=O)CC(=O)O2)C(=O)[C@@H](C)C1. The Morgan fingerprint density at radius 1 is 1.25 bits per heavy atom. The average molecular weight is 281 g/mol. The maximum absolute atomic E-state index is 12.3. The highest BCUT2D eigenvalue weighted by Gasteiger charge is 2.42. The summed E-state index contributed by atoms with van der Waals surface area (Å²) in [6.07, 6.45) is 2.29. The van der Waals surface area contributed by atoms with Gasteiger partial charge in [0.2, 0.25) is 5.91 Å². The molecule has 0 aromatic carbocycles. The summed E-state index contributed by atoms with van der Waals surface area (Å²) < 4.78 is 5.39. The minimum atomic E-state index is -0.403. The first-order valence-electron chi connectivity index (χ1n) is 7.38. The Bertz CT molecular complexity index is 418. The largest absolute Gasteiger partial charge is 0.462 e. The van der Waals surface area contributed by atoms with Gasteiger partial charge in [0.25, 0.3) is 0 Å². The van der Waals surface area contributed by atoms with Crippen LogP contribution in [0.25, 0.3) is 0 Å². The highest BCUT2D eigenvalue weighted by atomic mass is 16.5. The molecule has 112 valence electrons. The topological polar surface area (TPSA) is 86.5 Å². The number of cyclic esters (lactones) is 1. The van der Waals surface area contributed by atoms with Crippen molar-refractivity contribution < 1.29 is 19.1 Å². The van der Waals surface area contributed by atoms with E-state index in [0.29, 0.717) is 12.3 Å². The van der Waals surface area contributed by atoms with Gasteiger partial charge < -0.3 is 10.5 Å². The Balaban J connectivity index is 2.08. The third-order valence-corrected chi connectivity index (χ3v) is 4.51. The van der Waals surface area contributed by atoms with Crippen LogP contribution in [-0.2, 0) is 19.1 Å². The fraction of sp³-hybridized carbons (Fsp3) is 0.800. The molecule has 1 saturated heterocycles. The molecule has 1 heterocycles. The molecule has 2 rings (SSSR count). The molecule has 0 bridgehead atoms. The van der Waals surface area contributed by atoms with Crippen LogP contribution in [0.1, 0.15) is 46.0 Å². The molecular formula is C15H23NO4. The van der Waals surface area contributed by atoms with Crippen molar-refractivity contribution in [3.05, 3.63) is 0 Å². The van der Waals surface area contributed by atoms with Crippen LogP contribution >= 0.6 is 0 Å². The third-order valence-electron chi connectivity index (χ3n) is 4.51. The first-order valence-corrected chi connectivity index (χ1v) is 7.38. The van der Waals surface area contributed by atoms with E-state index in [1.807, 2.05) is 6.92 Å². The van der Waals surface area contributed by atoms with E-state index in [1.165, 1.54) is 0 Å². The van der Waals surface area contributed by atoms with E-state index in [-0.39, 0.29) is 48.5 Å². The summed E-state index contributed by atoms with van der Waals surface area (Å²) in [6.45, 7) is 4.07. The fourth-order valence-corrected chi connectivity index (χ4v) is 3.67. The molecule has 1 aliphatic carbocycles. The molecular weight excluding hydrogens is 258 g/mol. The first-order chi connectivity index (χ1) is 9.36. The summed E-state index contributed by atoms with van der Waals surface area (Å²) >= 11 is 0. The number of nitrogens with two attached hydrogens (primary N) is 1. The zero-order valence-electron chi connectivity index (χ0n) is 12.1. The predicted octanol–water partition coefficient (Wildman–Crippen LogP) is 1.43. The molecule has 1 amide bonds. The second-order valence-electron chi connectivity index (χ2n) is 6.49. The highest BCUT2D eigenvalue weighted by Crippen LogP contribution is 2.37. The molecule has 0 spiro atoms. The van der Waals surface area contributed by atoms with Crippen molar-refractivity contribution in [2.45, 2.75) is 52.1 Å². The molecule has 2 aliphatic rings. The van der Waals surface area contributed by atoms with Crippen LogP contribution in [0.15, 0.2) is 0 Å². The van der Waals surface area contributed by atoms with Crippen LogP contribution in [0.3, 0.4) is 0 Å². The number of amides is 1. The Morgan fingerprint density at radius 3 is 2.60 bits per heavy atom. The fourth-order valence-electron chi connectivity index (χ4n) is 3.67. The zero-order chi connectivity index (χ0) is 14.9. The van der Waals surface area contributed by atoms with Gasteiger partial charge in [-0.15, -0.1) is 0 Å². The highest BCUT2D eigenvalue weighted by molar-refractivity contribution is 5.85. The lowest BCUT2D eigenvalue weighted by atomic mass is 9.71. The summed E-state index contributed by atoms with van der Waals surface area (Å²) in [7, 11) is 0. The van der Waals surface area contributed by atoms with Crippen LogP contribution in [0, 0.1) is 23.7 Å². The van der Waals surface area contributed by atoms with Gasteiger partial charge in [0.05, 0.1) is 5.92 Å².